The molecule has 0 aromatic rings. The summed E-state index contributed by atoms with van der Waals surface area (Å²) in [6.07, 6.45) is 0. The van der Waals surface area contributed by atoms with Gasteiger partial charge < -0.3 is 4.65 Å². The first-order valence-corrected chi connectivity index (χ1v) is 1.20. The Kier molecular flexibility index (Phi) is 4.00. The van der Waals surface area contributed by atoms with Crippen molar-refractivity contribution in [1.29, 1.82) is 0 Å². The van der Waals surface area contributed by atoms with E-state index in [1.807, 2.05) is 0 Å². The summed E-state index contributed by atoms with van der Waals surface area (Å²) in [4.78, 5) is 11.9. The maximum absolute atomic E-state index is 10.4. The van der Waals surface area contributed by atoms with E-state index in [9.17, 15) is 4.53 Å². The van der Waals surface area contributed by atoms with Crippen LogP contribution < -0.4 is 0 Å². The van der Waals surface area contributed by atoms with Crippen molar-refractivity contribution in [2.45, 2.75) is 0 Å². The highest BCUT2D eigenvalue weighted by Crippen LogP contribution is 1.65. The number of hydrogen-bond acceptors (Lipinski definition) is 3. The minimum atomic E-state index is -0.622. The fourth-order valence-corrected chi connectivity index (χ4v) is 0.0535. The zero-order valence-corrected chi connectivity index (χ0v) is 2.89. The zero-order chi connectivity index (χ0) is 4.83. The highest BCUT2D eigenvalue weighted by Gasteiger charge is 1.84. The molecule has 0 atom stereocenters. The summed E-state index contributed by atoms with van der Waals surface area (Å²) >= 11 is 0. The first-order chi connectivity index (χ1) is 2.91. The summed E-state index contributed by atoms with van der Waals surface area (Å²) in [5.41, 5.74) is 0. The van der Waals surface area contributed by atoms with Gasteiger partial charge in [-0.15, -0.1) is 0 Å². The Morgan fingerprint density at radius 1 is 1.83 bits per heavy atom. The van der Waals surface area contributed by atoms with Crippen molar-refractivity contribution in [2.75, 3.05) is 0 Å². The molecule has 0 aliphatic carbocycles. The Labute approximate surface area is 34.3 Å². The van der Waals surface area contributed by atoms with Gasteiger partial charge in [-0.1, -0.05) is 4.53 Å². The predicted molar refractivity (Wildman–Crippen MR) is 16.5 cm³/mol. The Hall–Kier alpha value is -0.575. The molecule has 0 N–H and O–H groups in total. The van der Waals surface area contributed by atoms with Crippen LogP contribution in [0, 0.1) is 0 Å². The molecule has 0 amide bonds. The van der Waals surface area contributed by atoms with E-state index in [1.165, 1.54) is 0 Å². The molecule has 0 saturated heterocycles. The molecule has 0 rings (SSSR count). The number of carbonyl (C=O) groups excluding carboxylic acids is 1. The standard InChI is InChI=1S/CH2BFO3/c3-6-2-5-1-4/h1-2H. The van der Waals surface area contributed by atoms with Crippen LogP contribution in [0.25, 0.3) is 0 Å². The molecule has 0 bridgehead atoms. The molecule has 0 fully saturated rings. The number of rotatable bonds is 3. The quantitative estimate of drug-likeness (QED) is 0.263. The molecule has 0 spiro atoms. The van der Waals surface area contributed by atoms with Crippen LogP contribution in [0.2, 0.25) is 0 Å². The Bertz CT molecular complexity index is 39.8. The maximum atomic E-state index is 10.4. The van der Waals surface area contributed by atoms with E-state index in [-0.39, 0.29) is 6.47 Å². The SMILES string of the molecule is O=COBOF. The summed E-state index contributed by atoms with van der Waals surface area (Å²) in [6.45, 7) is 0.0968. The highest BCUT2D eigenvalue weighted by molar-refractivity contribution is 6.20. The van der Waals surface area contributed by atoms with Crippen LogP contribution in [0.4, 0.5) is 4.53 Å². The second-order valence-corrected chi connectivity index (χ2v) is 0.490. The van der Waals surface area contributed by atoms with Gasteiger partial charge in [0.2, 0.25) is 0 Å². The Balaban J connectivity index is 2.49. The molecule has 0 aliphatic rings. The van der Waals surface area contributed by atoms with Gasteiger partial charge in [-0.3, -0.25) is 4.79 Å². The summed E-state index contributed by atoms with van der Waals surface area (Å²) < 4.78 is 14.1. The van der Waals surface area contributed by atoms with Crippen molar-refractivity contribution in [3.8, 4) is 0 Å². The Morgan fingerprint density at radius 3 is 2.67 bits per heavy atom. The fourth-order valence-electron chi connectivity index (χ4n) is 0.0535. The smallest absolute Gasteiger partial charge is 0.513 e. The van der Waals surface area contributed by atoms with Gasteiger partial charge in [0, 0.05) is 0 Å². The number of hydrogen-bond donors (Lipinski definition) is 0. The molecule has 34 valence electrons. The van der Waals surface area contributed by atoms with E-state index in [0.29, 0.717) is 0 Å². The summed E-state index contributed by atoms with van der Waals surface area (Å²) in [7, 11) is -0.622. The number of halogens is 1. The van der Waals surface area contributed by atoms with Gasteiger partial charge >= 0.3 is 7.69 Å². The summed E-state index contributed by atoms with van der Waals surface area (Å²) in [5, 5.41) is 0. The second kappa shape index (κ2) is 4.42. The van der Waals surface area contributed by atoms with E-state index in [4.69, 9.17) is 4.79 Å². The number of carbonyl (C=O) groups is 1. The monoisotopic (exact) mass is 92.0 g/mol. The third-order valence-electron chi connectivity index (χ3n) is 0.181. The molecule has 5 heteroatoms. The molecule has 0 aromatic carbocycles. The van der Waals surface area contributed by atoms with Crippen LogP contribution in [-0.4, -0.2) is 14.2 Å². The predicted octanol–water partition coefficient (Wildman–Crippen LogP) is -0.673. The first kappa shape index (κ1) is 5.42. The van der Waals surface area contributed by atoms with Gasteiger partial charge in [-0.05, 0) is 0 Å². The van der Waals surface area contributed by atoms with Crippen LogP contribution in [0.5, 0.6) is 0 Å². The molecule has 0 saturated carbocycles. The molecule has 0 aliphatic heterocycles. The van der Waals surface area contributed by atoms with Gasteiger partial charge in [-0.25, -0.2) is 4.86 Å². The fraction of sp³-hybridized carbons (Fsp3) is 0. The lowest BCUT2D eigenvalue weighted by molar-refractivity contribution is -0.124. The third kappa shape index (κ3) is 3.42. The molecular formula is CH2BFO3. The van der Waals surface area contributed by atoms with Crippen molar-refractivity contribution >= 4 is 14.2 Å². The highest BCUT2D eigenvalue weighted by atomic mass is 19.3. The van der Waals surface area contributed by atoms with E-state index >= 15 is 0 Å². The molecule has 6 heavy (non-hydrogen) atoms. The van der Waals surface area contributed by atoms with Gasteiger partial charge in [0.25, 0.3) is 6.47 Å². The van der Waals surface area contributed by atoms with E-state index < -0.39 is 7.69 Å². The van der Waals surface area contributed by atoms with Crippen molar-refractivity contribution < 1.29 is 18.8 Å². The second-order valence-electron chi connectivity index (χ2n) is 0.490. The van der Waals surface area contributed by atoms with Crippen LogP contribution in [0.1, 0.15) is 0 Å². The average molecular weight is 91.8 g/mol. The summed E-state index contributed by atoms with van der Waals surface area (Å²) in [6, 6.07) is 0. The maximum Gasteiger partial charge on any atom is 0.546 e. The lowest BCUT2D eigenvalue weighted by Gasteiger charge is -1.81. The molecule has 0 aromatic heterocycles. The third-order valence-corrected chi connectivity index (χ3v) is 0.181. The molecular weight excluding hydrogens is 89.8 g/mol. The van der Waals surface area contributed by atoms with Crippen LogP contribution >= 0.6 is 0 Å². The van der Waals surface area contributed by atoms with Gasteiger partial charge in [0.1, 0.15) is 0 Å². The molecule has 3 nitrogen and oxygen atoms in total. The first-order valence-electron chi connectivity index (χ1n) is 1.20. The van der Waals surface area contributed by atoms with E-state index in [0.717, 1.165) is 0 Å². The largest absolute Gasteiger partial charge is 0.546 e. The lowest BCUT2D eigenvalue weighted by atomic mass is 10.4. The normalized spacial score (nSPS) is 6.83. The summed E-state index contributed by atoms with van der Waals surface area (Å²) in [5.74, 6) is 0. The molecule has 0 heterocycles. The van der Waals surface area contributed by atoms with Crippen LogP contribution in [-0.2, 0) is 14.3 Å². The lowest BCUT2D eigenvalue weighted by Crippen LogP contribution is -1.94. The van der Waals surface area contributed by atoms with Gasteiger partial charge in [-0.2, -0.15) is 0 Å². The van der Waals surface area contributed by atoms with Crippen molar-refractivity contribution in [3.63, 3.8) is 0 Å². The van der Waals surface area contributed by atoms with Crippen molar-refractivity contribution in [3.05, 3.63) is 0 Å². The molecule has 0 radical (unpaired) electrons. The van der Waals surface area contributed by atoms with Gasteiger partial charge in [0.15, 0.2) is 0 Å². The van der Waals surface area contributed by atoms with Crippen LogP contribution in [0.3, 0.4) is 0 Å². The van der Waals surface area contributed by atoms with E-state index in [1.54, 1.807) is 0 Å². The zero-order valence-electron chi connectivity index (χ0n) is 2.89. The minimum Gasteiger partial charge on any atom is -0.513 e. The van der Waals surface area contributed by atoms with Crippen LogP contribution in [0.15, 0.2) is 0 Å². The van der Waals surface area contributed by atoms with E-state index in [2.05, 4.69) is 9.51 Å². The Morgan fingerprint density at radius 2 is 2.50 bits per heavy atom. The molecule has 0 unspecified atom stereocenters. The average Bonchev–Trinajstić information content (AvgIpc) is 1.61. The van der Waals surface area contributed by atoms with Crippen molar-refractivity contribution in [1.82, 2.24) is 0 Å². The minimum absolute atomic E-state index is 0.0968. The van der Waals surface area contributed by atoms with Gasteiger partial charge in [0.05, 0.1) is 0 Å². The topological polar surface area (TPSA) is 35.5 Å². The van der Waals surface area contributed by atoms with Crippen molar-refractivity contribution in [2.24, 2.45) is 0 Å².